The van der Waals surface area contributed by atoms with Gasteiger partial charge in [0, 0.05) is 11.8 Å². The van der Waals surface area contributed by atoms with Crippen LogP contribution in [0.5, 0.6) is 5.75 Å². The number of benzene rings is 1. The molecular formula is C23H29N6O8PS. The van der Waals surface area contributed by atoms with Gasteiger partial charge in [-0.15, -0.1) is 0 Å². The molecule has 1 saturated heterocycles. The molecule has 0 saturated carbocycles. The third-order valence-electron chi connectivity index (χ3n) is 6.20. The molecular weight excluding hydrogens is 551 g/mol. The topological polar surface area (TPSA) is 206 Å². The second kappa shape index (κ2) is 11.1. The van der Waals surface area contributed by atoms with Gasteiger partial charge >= 0.3 is 13.7 Å². The third-order valence-corrected chi connectivity index (χ3v) is 8.06. The number of hydrogen-bond donors (Lipinski definition) is 5. The van der Waals surface area contributed by atoms with Crippen LogP contribution >= 0.6 is 20.0 Å². The molecule has 0 spiro atoms. The molecule has 1 aliphatic heterocycles. The Kier molecular flexibility index (Phi) is 8.23. The van der Waals surface area contributed by atoms with E-state index in [0.717, 1.165) is 0 Å². The first kappa shape index (κ1) is 28.8. The lowest BCUT2D eigenvalue weighted by atomic mass is 9.96. The molecule has 1 unspecified atom stereocenters. The van der Waals surface area contributed by atoms with Crippen LogP contribution in [-0.2, 0) is 23.4 Å². The van der Waals surface area contributed by atoms with Crippen molar-refractivity contribution < 1.29 is 38.1 Å². The van der Waals surface area contributed by atoms with Gasteiger partial charge in [0.25, 0.3) is 0 Å². The Labute approximate surface area is 228 Å². The smallest absolute Gasteiger partial charge is 0.459 e. The summed E-state index contributed by atoms with van der Waals surface area (Å²) < 4.78 is 36.9. The van der Waals surface area contributed by atoms with Gasteiger partial charge in [0.05, 0.1) is 19.1 Å². The monoisotopic (exact) mass is 580 g/mol. The van der Waals surface area contributed by atoms with Gasteiger partial charge in [-0.25, -0.2) is 14.5 Å². The van der Waals surface area contributed by atoms with E-state index in [9.17, 15) is 19.6 Å². The van der Waals surface area contributed by atoms with E-state index >= 15 is 0 Å². The van der Waals surface area contributed by atoms with Crippen molar-refractivity contribution in [2.75, 3.05) is 19.5 Å². The number of para-hydroxylation sites is 1. The van der Waals surface area contributed by atoms with Crippen LogP contribution in [-0.4, -0.2) is 73.3 Å². The Morgan fingerprint density at radius 3 is 2.69 bits per heavy atom. The highest BCUT2D eigenvalue weighted by atomic mass is 32.1. The minimum atomic E-state index is -4.23. The lowest BCUT2D eigenvalue weighted by Gasteiger charge is -2.27. The Morgan fingerprint density at radius 2 is 2.05 bits per heavy atom. The number of hydrogen-bond acceptors (Lipinski definition) is 12. The summed E-state index contributed by atoms with van der Waals surface area (Å²) in [5.41, 5.74) is 10.6. The zero-order valence-corrected chi connectivity index (χ0v) is 23.0. The van der Waals surface area contributed by atoms with Gasteiger partial charge < -0.3 is 40.2 Å². The fraction of sp³-hybridized carbons (Fsp3) is 0.391. The van der Waals surface area contributed by atoms with E-state index in [1.807, 2.05) is 0 Å². The Hall–Kier alpha value is -3.17. The minimum absolute atomic E-state index is 0.0168. The molecule has 210 valence electrons. The summed E-state index contributed by atoms with van der Waals surface area (Å²) in [5, 5.41) is 25.1. The number of aliphatic hydroxyl groups is 2. The highest BCUT2D eigenvalue weighted by molar-refractivity contribution is 7.80. The molecule has 16 heteroatoms. The first-order valence-corrected chi connectivity index (χ1v) is 13.6. The van der Waals surface area contributed by atoms with Crippen LogP contribution in [0.2, 0.25) is 0 Å². The quantitative estimate of drug-likeness (QED) is 0.129. The third kappa shape index (κ3) is 5.75. The molecule has 1 aromatic carbocycles. The first-order valence-electron chi connectivity index (χ1n) is 11.7. The zero-order valence-electron chi connectivity index (χ0n) is 21.3. The SMILES string of the molecule is COC(=O)[C@H](C)NP(=O)(OC[C@H]1O[C@@H](n2cc(C(N)=S)c3c(N)ncnc32)[C@](C)(O)[C@@H]1O)Oc1ccccc1. The molecule has 0 aliphatic carbocycles. The number of fused-ring (bicyclic) bond motifs is 1. The van der Waals surface area contributed by atoms with Crippen LogP contribution < -0.4 is 21.1 Å². The van der Waals surface area contributed by atoms with E-state index < -0.39 is 50.4 Å². The van der Waals surface area contributed by atoms with Gasteiger partial charge in [0.1, 0.15) is 52.4 Å². The van der Waals surface area contributed by atoms with Crippen molar-refractivity contribution in [2.45, 2.75) is 43.9 Å². The molecule has 39 heavy (non-hydrogen) atoms. The molecule has 6 atom stereocenters. The molecule has 4 rings (SSSR count). The Morgan fingerprint density at radius 1 is 1.36 bits per heavy atom. The molecule has 3 aromatic rings. The van der Waals surface area contributed by atoms with Crippen LogP contribution in [0.1, 0.15) is 25.6 Å². The summed E-state index contributed by atoms with van der Waals surface area (Å²) in [4.78, 5) is 20.2. The fourth-order valence-electron chi connectivity index (χ4n) is 4.20. The van der Waals surface area contributed by atoms with Crippen LogP contribution in [0.3, 0.4) is 0 Å². The normalized spacial score (nSPS) is 25.2. The number of nitrogens with two attached hydrogens (primary N) is 2. The number of methoxy groups -OCH3 is 1. The molecule has 1 aliphatic rings. The molecule has 1 fully saturated rings. The molecule has 14 nitrogen and oxygen atoms in total. The molecule has 2 aromatic heterocycles. The number of carbonyl (C=O) groups is 1. The maximum Gasteiger partial charge on any atom is 0.459 e. The van der Waals surface area contributed by atoms with Crippen molar-refractivity contribution in [1.82, 2.24) is 19.6 Å². The Bertz CT molecular complexity index is 1420. The second-order valence-electron chi connectivity index (χ2n) is 9.04. The predicted molar refractivity (Wildman–Crippen MR) is 144 cm³/mol. The molecule has 0 radical (unpaired) electrons. The number of nitrogens with zero attached hydrogens (tertiary/aromatic N) is 3. The van der Waals surface area contributed by atoms with Crippen molar-refractivity contribution in [3.05, 3.63) is 48.4 Å². The number of nitrogens with one attached hydrogen (secondary N) is 1. The number of carbonyl (C=O) groups excluding carboxylic acids is 1. The van der Waals surface area contributed by atoms with Crippen molar-refractivity contribution in [3.63, 3.8) is 0 Å². The summed E-state index contributed by atoms with van der Waals surface area (Å²) in [5.74, 6) is -0.390. The lowest BCUT2D eigenvalue weighted by molar-refractivity contribution is -0.142. The number of nitrogen functional groups attached to an aromatic ring is 1. The van der Waals surface area contributed by atoms with Crippen molar-refractivity contribution >= 4 is 47.8 Å². The largest absolute Gasteiger partial charge is 0.468 e. The summed E-state index contributed by atoms with van der Waals surface area (Å²) in [6, 6.07) is 7.09. The van der Waals surface area contributed by atoms with Gasteiger partial charge in [-0.3, -0.25) is 9.32 Å². The number of thiocarbonyl (C=S) groups is 1. The summed E-state index contributed by atoms with van der Waals surface area (Å²) in [6.45, 7) is 2.27. The van der Waals surface area contributed by atoms with Gasteiger partial charge in [-0.2, -0.15) is 5.09 Å². The summed E-state index contributed by atoms with van der Waals surface area (Å²) >= 11 is 5.13. The van der Waals surface area contributed by atoms with Crippen molar-refractivity contribution in [3.8, 4) is 5.75 Å². The van der Waals surface area contributed by atoms with Crippen molar-refractivity contribution in [1.29, 1.82) is 0 Å². The van der Waals surface area contributed by atoms with E-state index in [1.165, 1.54) is 38.0 Å². The molecule has 3 heterocycles. The van der Waals surface area contributed by atoms with Crippen molar-refractivity contribution in [2.24, 2.45) is 5.73 Å². The van der Waals surface area contributed by atoms with Crippen LogP contribution in [0.25, 0.3) is 11.0 Å². The maximum absolute atomic E-state index is 13.7. The fourth-order valence-corrected chi connectivity index (χ4v) is 5.86. The summed E-state index contributed by atoms with van der Waals surface area (Å²) in [6.07, 6.45) is -1.20. The van der Waals surface area contributed by atoms with Gasteiger partial charge in [0.2, 0.25) is 0 Å². The molecule has 0 bridgehead atoms. The van der Waals surface area contributed by atoms with E-state index in [-0.39, 0.29) is 22.2 Å². The average Bonchev–Trinajstić information content (AvgIpc) is 3.38. The minimum Gasteiger partial charge on any atom is -0.468 e. The predicted octanol–water partition coefficient (Wildman–Crippen LogP) is 1.01. The van der Waals surface area contributed by atoms with Crippen LogP contribution in [0.15, 0.2) is 42.9 Å². The van der Waals surface area contributed by atoms with Gasteiger partial charge in [0.15, 0.2) is 6.23 Å². The van der Waals surface area contributed by atoms with Gasteiger partial charge in [-0.1, -0.05) is 30.4 Å². The molecule has 7 N–H and O–H groups in total. The van der Waals surface area contributed by atoms with Crippen LogP contribution in [0, 0.1) is 0 Å². The number of esters is 1. The second-order valence-corrected chi connectivity index (χ2v) is 11.2. The number of aromatic nitrogens is 3. The van der Waals surface area contributed by atoms with E-state index in [2.05, 4.69) is 19.8 Å². The lowest BCUT2D eigenvalue weighted by Crippen LogP contribution is -2.44. The van der Waals surface area contributed by atoms with E-state index in [4.69, 9.17) is 37.5 Å². The van der Waals surface area contributed by atoms with E-state index in [0.29, 0.717) is 10.9 Å². The number of ether oxygens (including phenoxy) is 2. The van der Waals surface area contributed by atoms with E-state index in [1.54, 1.807) is 30.3 Å². The zero-order chi connectivity index (χ0) is 28.5. The van der Waals surface area contributed by atoms with Crippen LogP contribution in [0.4, 0.5) is 5.82 Å². The summed E-state index contributed by atoms with van der Waals surface area (Å²) in [7, 11) is -3.05. The van der Waals surface area contributed by atoms with Gasteiger partial charge in [-0.05, 0) is 26.0 Å². The maximum atomic E-state index is 13.7. The Balaban J connectivity index is 1.61. The highest BCUT2D eigenvalue weighted by Crippen LogP contribution is 2.47. The first-order chi connectivity index (χ1) is 18.4. The standard InChI is InChI=1S/C23H29N6O8PS/c1-12(21(31)34-3)28-38(33,37-13-7-5-4-6-8-13)35-10-15-17(30)23(2,32)22(36-15)29-9-14(19(25)39)16-18(24)26-11-27-20(16)29/h4-9,11-12,15,17,22,30,32H,10H2,1-3H3,(H2,25,39)(H,28,33)(H2,24,26,27)/t12-,15+,17+,22+,23+,38?/m0/s1. The highest BCUT2D eigenvalue weighted by Gasteiger charge is 2.54. The molecule has 0 amide bonds. The number of anilines is 1. The number of rotatable bonds is 10. The average molecular weight is 581 g/mol. The number of aliphatic hydroxyl groups excluding tert-OH is 1.